The smallest absolute Gasteiger partial charge is 0.277 e. The molecule has 0 radical (unpaired) electrons. The monoisotopic (exact) mass is 179 g/mol. The van der Waals surface area contributed by atoms with Gasteiger partial charge in [0, 0.05) is 6.20 Å². The van der Waals surface area contributed by atoms with Gasteiger partial charge in [0.1, 0.15) is 5.39 Å². The lowest BCUT2D eigenvalue weighted by atomic mass is 10.2. The molecule has 0 aromatic carbocycles. The van der Waals surface area contributed by atoms with Gasteiger partial charge in [-0.05, 0) is 0 Å². The quantitative estimate of drug-likeness (QED) is 0.506. The molecule has 0 spiro atoms. The third-order valence-corrected chi connectivity index (χ3v) is 1.65. The Morgan fingerprint density at radius 3 is 3.00 bits per heavy atom. The molecule has 0 fully saturated rings. The standard InChI is InChI=1S/C6H5N5O2/c7-4(12)2-1-8-5-3(2)6(13)10-11-9-5/h1H,(H2,7,12)(H2,8,9,10,13). The average molecular weight is 179 g/mol. The zero-order chi connectivity index (χ0) is 9.42. The Bertz CT molecular complexity index is 525. The summed E-state index contributed by atoms with van der Waals surface area (Å²) in [6.45, 7) is 0. The number of amides is 1. The van der Waals surface area contributed by atoms with E-state index in [0.29, 0.717) is 0 Å². The van der Waals surface area contributed by atoms with Crippen LogP contribution in [0.1, 0.15) is 10.4 Å². The molecular weight excluding hydrogens is 174 g/mol. The Balaban J connectivity index is 2.95. The molecule has 7 heteroatoms. The van der Waals surface area contributed by atoms with Gasteiger partial charge in [-0.15, -0.1) is 5.10 Å². The summed E-state index contributed by atoms with van der Waals surface area (Å²) in [6, 6.07) is 0. The average Bonchev–Trinajstić information content (AvgIpc) is 2.49. The molecule has 2 heterocycles. The largest absolute Gasteiger partial charge is 0.366 e. The fourth-order valence-corrected chi connectivity index (χ4v) is 1.09. The maximum absolute atomic E-state index is 11.2. The first-order valence-corrected chi connectivity index (χ1v) is 3.42. The lowest BCUT2D eigenvalue weighted by Gasteiger charge is -1.88. The van der Waals surface area contributed by atoms with Gasteiger partial charge in [0.15, 0.2) is 5.65 Å². The van der Waals surface area contributed by atoms with Crippen LogP contribution in [0.4, 0.5) is 0 Å². The third-order valence-electron chi connectivity index (χ3n) is 1.65. The number of rotatable bonds is 1. The van der Waals surface area contributed by atoms with E-state index in [1.807, 2.05) is 0 Å². The van der Waals surface area contributed by atoms with Crippen LogP contribution in [0.15, 0.2) is 11.0 Å². The summed E-state index contributed by atoms with van der Waals surface area (Å²) in [4.78, 5) is 24.6. The van der Waals surface area contributed by atoms with Crippen molar-refractivity contribution < 1.29 is 4.79 Å². The SMILES string of the molecule is NC(=O)c1c[nH]c2nn[nH]c(=O)c12. The second kappa shape index (κ2) is 2.41. The molecule has 7 nitrogen and oxygen atoms in total. The molecule has 0 bridgehead atoms. The molecule has 4 N–H and O–H groups in total. The van der Waals surface area contributed by atoms with Crippen LogP contribution in [0.2, 0.25) is 0 Å². The highest BCUT2D eigenvalue weighted by atomic mass is 16.1. The Morgan fingerprint density at radius 1 is 1.54 bits per heavy atom. The number of aromatic amines is 2. The first-order chi connectivity index (χ1) is 6.20. The van der Waals surface area contributed by atoms with Gasteiger partial charge in [0.2, 0.25) is 0 Å². The summed E-state index contributed by atoms with van der Waals surface area (Å²) in [5.41, 5.74) is 4.91. The maximum atomic E-state index is 11.2. The Kier molecular flexibility index (Phi) is 1.38. The van der Waals surface area contributed by atoms with E-state index in [1.54, 1.807) is 0 Å². The number of hydrogen-bond acceptors (Lipinski definition) is 4. The van der Waals surface area contributed by atoms with E-state index in [4.69, 9.17) is 5.73 Å². The summed E-state index contributed by atoms with van der Waals surface area (Å²) in [5, 5.41) is 9.14. The number of aromatic nitrogens is 4. The van der Waals surface area contributed by atoms with Gasteiger partial charge in [-0.25, -0.2) is 5.10 Å². The third kappa shape index (κ3) is 0.975. The minimum Gasteiger partial charge on any atom is -0.366 e. The predicted octanol–water partition coefficient (Wildman–Crippen LogP) is -1.25. The van der Waals surface area contributed by atoms with Crippen molar-refractivity contribution in [1.82, 2.24) is 20.4 Å². The first kappa shape index (κ1) is 7.47. The van der Waals surface area contributed by atoms with E-state index in [-0.39, 0.29) is 16.6 Å². The lowest BCUT2D eigenvalue weighted by Crippen LogP contribution is -2.16. The van der Waals surface area contributed by atoms with E-state index in [1.165, 1.54) is 6.20 Å². The van der Waals surface area contributed by atoms with E-state index in [2.05, 4.69) is 20.4 Å². The van der Waals surface area contributed by atoms with Crippen LogP contribution in [-0.2, 0) is 0 Å². The van der Waals surface area contributed by atoms with Crippen LogP contribution in [0, 0.1) is 0 Å². The lowest BCUT2D eigenvalue weighted by molar-refractivity contribution is 0.100. The van der Waals surface area contributed by atoms with Crippen LogP contribution in [0.25, 0.3) is 11.0 Å². The van der Waals surface area contributed by atoms with E-state index >= 15 is 0 Å². The molecule has 2 aromatic rings. The molecule has 13 heavy (non-hydrogen) atoms. The summed E-state index contributed by atoms with van der Waals surface area (Å²) in [7, 11) is 0. The normalized spacial score (nSPS) is 10.5. The highest BCUT2D eigenvalue weighted by Gasteiger charge is 2.12. The fraction of sp³-hybridized carbons (Fsp3) is 0. The highest BCUT2D eigenvalue weighted by molar-refractivity contribution is 6.04. The molecule has 0 aliphatic carbocycles. The summed E-state index contributed by atoms with van der Waals surface area (Å²) in [5.74, 6) is -0.676. The summed E-state index contributed by atoms with van der Waals surface area (Å²) < 4.78 is 0. The van der Waals surface area contributed by atoms with Gasteiger partial charge < -0.3 is 10.7 Å². The maximum Gasteiger partial charge on any atom is 0.277 e. The molecule has 0 saturated carbocycles. The fourth-order valence-electron chi connectivity index (χ4n) is 1.09. The number of nitrogens with zero attached hydrogens (tertiary/aromatic N) is 2. The van der Waals surface area contributed by atoms with Crippen LogP contribution >= 0.6 is 0 Å². The Morgan fingerprint density at radius 2 is 2.31 bits per heavy atom. The van der Waals surface area contributed by atoms with Crippen molar-refractivity contribution in [2.75, 3.05) is 0 Å². The molecule has 0 aliphatic heterocycles. The molecule has 1 amide bonds. The molecule has 0 atom stereocenters. The van der Waals surface area contributed by atoms with Crippen LogP contribution < -0.4 is 11.3 Å². The number of hydrogen-bond donors (Lipinski definition) is 3. The second-order valence-corrected chi connectivity index (χ2v) is 2.43. The number of carbonyl (C=O) groups is 1. The van der Waals surface area contributed by atoms with Gasteiger partial charge in [0.05, 0.1) is 5.56 Å². The minimum atomic E-state index is -0.676. The molecule has 2 rings (SSSR count). The molecule has 66 valence electrons. The Hall–Kier alpha value is -2.18. The zero-order valence-electron chi connectivity index (χ0n) is 6.37. The number of primary amides is 1. The van der Waals surface area contributed by atoms with E-state index in [9.17, 15) is 9.59 Å². The van der Waals surface area contributed by atoms with Crippen molar-refractivity contribution in [2.45, 2.75) is 0 Å². The molecule has 0 saturated heterocycles. The van der Waals surface area contributed by atoms with E-state index < -0.39 is 11.5 Å². The van der Waals surface area contributed by atoms with Crippen molar-refractivity contribution in [2.24, 2.45) is 5.73 Å². The predicted molar refractivity (Wildman–Crippen MR) is 43.0 cm³/mol. The first-order valence-electron chi connectivity index (χ1n) is 3.42. The van der Waals surface area contributed by atoms with E-state index in [0.717, 1.165) is 0 Å². The number of nitrogens with one attached hydrogen (secondary N) is 2. The van der Waals surface area contributed by atoms with Crippen LogP contribution in [0.5, 0.6) is 0 Å². The molecule has 0 aliphatic rings. The molecular formula is C6H5N5O2. The van der Waals surface area contributed by atoms with Crippen LogP contribution in [-0.4, -0.2) is 26.3 Å². The van der Waals surface area contributed by atoms with Gasteiger partial charge >= 0.3 is 0 Å². The van der Waals surface area contributed by atoms with Crippen molar-refractivity contribution >= 4 is 16.9 Å². The van der Waals surface area contributed by atoms with Crippen molar-refractivity contribution in [1.29, 1.82) is 0 Å². The Labute approximate surface area is 70.9 Å². The van der Waals surface area contributed by atoms with Crippen LogP contribution in [0.3, 0.4) is 0 Å². The van der Waals surface area contributed by atoms with Crippen molar-refractivity contribution in [3.8, 4) is 0 Å². The number of H-pyrrole nitrogens is 2. The summed E-state index contributed by atoms with van der Waals surface area (Å²) in [6.07, 6.45) is 1.33. The summed E-state index contributed by atoms with van der Waals surface area (Å²) >= 11 is 0. The minimum absolute atomic E-state index is 0.117. The number of carbonyl (C=O) groups excluding carboxylic acids is 1. The number of fused-ring (bicyclic) bond motifs is 1. The topological polar surface area (TPSA) is 118 Å². The van der Waals surface area contributed by atoms with Crippen molar-refractivity contribution in [3.63, 3.8) is 0 Å². The molecule has 2 aromatic heterocycles. The van der Waals surface area contributed by atoms with Crippen molar-refractivity contribution in [3.05, 3.63) is 22.1 Å². The highest BCUT2D eigenvalue weighted by Crippen LogP contribution is 2.08. The van der Waals surface area contributed by atoms with Gasteiger partial charge in [-0.3, -0.25) is 9.59 Å². The second-order valence-electron chi connectivity index (χ2n) is 2.43. The number of nitrogens with two attached hydrogens (primary N) is 1. The van der Waals surface area contributed by atoms with Gasteiger partial charge in [0.25, 0.3) is 11.5 Å². The van der Waals surface area contributed by atoms with Gasteiger partial charge in [-0.2, -0.15) is 0 Å². The van der Waals surface area contributed by atoms with Gasteiger partial charge in [-0.1, -0.05) is 5.21 Å². The zero-order valence-corrected chi connectivity index (χ0v) is 6.37. The molecule has 0 unspecified atom stereocenters.